The van der Waals surface area contributed by atoms with E-state index >= 15 is 0 Å². The van der Waals surface area contributed by atoms with Crippen molar-refractivity contribution in [1.29, 1.82) is 0 Å². The Bertz CT molecular complexity index is 1530. The number of aromatic nitrogens is 1. The summed E-state index contributed by atoms with van der Waals surface area (Å²) in [6, 6.07) is 30.0. The Morgan fingerprint density at radius 2 is 1.30 bits per heavy atom. The maximum absolute atomic E-state index is 14.8. The molecule has 0 unspecified atom stereocenters. The first kappa shape index (κ1) is 24.7. The lowest BCUT2D eigenvalue weighted by Gasteiger charge is -2.16. The van der Waals surface area contributed by atoms with Gasteiger partial charge in [-0.2, -0.15) is 0 Å². The molecule has 2 heterocycles. The topological polar surface area (TPSA) is 17.3 Å². The van der Waals surface area contributed by atoms with E-state index in [9.17, 15) is 8.63 Å². The molecule has 37 heavy (non-hydrogen) atoms. The highest BCUT2D eigenvalue weighted by molar-refractivity contribution is 6.42. The van der Waals surface area contributed by atoms with E-state index in [0.29, 0.717) is 17.8 Å². The first-order valence-electron chi connectivity index (χ1n) is 12.5. The summed E-state index contributed by atoms with van der Waals surface area (Å²) in [6.07, 6.45) is 0.498. The molecule has 0 aliphatic carbocycles. The highest BCUT2D eigenvalue weighted by atomic mass is 19.2. The summed E-state index contributed by atoms with van der Waals surface area (Å²) in [5, 5.41) is 0. The van der Waals surface area contributed by atoms with Crippen molar-refractivity contribution in [2.75, 3.05) is 0 Å². The maximum Gasteiger partial charge on any atom is 0.677 e. The van der Waals surface area contributed by atoms with Crippen molar-refractivity contribution in [2.24, 2.45) is 4.99 Å². The second-order valence-corrected chi connectivity index (χ2v) is 9.50. The molecule has 5 heteroatoms. The largest absolute Gasteiger partial charge is 0.677 e. The molecule has 1 aliphatic rings. The third-order valence-corrected chi connectivity index (χ3v) is 7.18. The van der Waals surface area contributed by atoms with Gasteiger partial charge in [0, 0.05) is 40.2 Å². The van der Waals surface area contributed by atoms with Gasteiger partial charge >= 0.3 is 7.40 Å². The number of aliphatic imine (C=N–C) groups is 1. The summed E-state index contributed by atoms with van der Waals surface area (Å²) < 4.78 is 30.8. The fourth-order valence-corrected chi connectivity index (χ4v) is 5.61. The van der Waals surface area contributed by atoms with Crippen molar-refractivity contribution in [3.63, 3.8) is 0 Å². The Morgan fingerprint density at radius 3 is 1.86 bits per heavy atom. The van der Waals surface area contributed by atoms with E-state index in [4.69, 9.17) is 4.99 Å². The van der Waals surface area contributed by atoms with Crippen LogP contribution < -0.4 is 0 Å². The van der Waals surface area contributed by atoms with Crippen LogP contribution in [0.2, 0.25) is 0 Å². The molecule has 0 radical (unpaired) electrons. The van der Waals surface area contributed by atoms with Crippen LogP contribution in [0.3, 0.4) is 0 Å². The highest BCUT2D eigenvalue weighted by Crippen LogP contribution is 2.42. The molecular weight excluding hydrogens is 461 g/mol. The summed E-state index contributed by atoms with van der Waals surface area (Å²) in [5.74, 6) is 0. The van der Waals surface area contributed by atoms with Gasteiger partial charge < -0.3 is 4.48 Å². The predicted octanol–water partition coefficient (Wildman–Crippen LogP) is 8.45. The molecule has 0 amide bonds. The summed E-state index contributed by atoms with van der Waals surface area (Å²) in [4.78, 5) is 5.02. The van der Waals surface area contributed by atoms with Crippen LogP contribution in [0, 0.1) is 13.8 Å². The molecule has 3 aromatic carbocycles. The number of hydrogen-bond acceptors (Lipinski definition) is 1. The molecule has 2 nitrogen and oxygen atoms in total. The molecule has 0 bridgehead atoms. The van der Waals surface area contributed by atoms with Crippen LogP contribution in [-0.2, 0) is 6.42 Å². The van der Waals surface area contributed by atoms with Crippen molar-refractivity contribution >= 4 is 24.3 Å². The summed E-state index contributed by atoms with van der Waals surface area (Å²) >= 11 is 0. The molecular formula is C32H29BF2N2. The van der Waals surface area contributed by atoms with E-state index in [2.05, 4.69) is 19.1 Å². The Morgan fingerprint density at radius 1 is 0.757 bits per heavy atom. The minimum atomic E-state index is -2.68. The molecule has 5 rings (SSSR count). The van der Waals surface area contributed by atoms with Crippen LogP contribution in [0.4, 0.5) is 8.63 Å². The van der Waals surface area contributed by atoms with Gasteiger partial charge in [-0.3, -0.25) is 13.6 Å². The lowest BCUT2D eigenvalue weighted by atomic mass is 9.91. The van der Waals surface area contributed by atoms with Gasteiger partial charge in [0.25, 0.3) is 0 Å². The van der Waals surface area contributed by atoms with Crippen LogP contribution in [0.5, 0.6) is 0 Å². The van der Waals surface area contributed by atoms with Crippen molar-refractivity contribution in [3.8, 4) is 11.1 Å². The minimum Gasteiger partial charge on any atom is -0.329 e. The van der Waals surface area contributed by atoms with E-state index in [0.717, 1.165) is 55.9 Å². The smallest absolute Gasteiger partial charge is 0.329 e. The quantitative estimate of drug-likeness (QED) is 0.241. The first-order valence-corrected chi connectivity index (χ1v) is 12.5. The lowest BCUT2D eigenvalue weighted by Crippen LogP contribution is -2.18. The zero-order chi connectivity index (χ0) is 26.1. The third-order valence-electron chi connectivity index (χ3n) is 7.18. The van der Waals surface area contributed by atoms with Crippen molar-refractivity contribution in [2.45, 2.75) is 34.1 Å². The predicted molar refractivity (Wildman–Crippen MR) is 152 cm³/mol. The minimum absolute atomic E-state index is 0.498. The zero-order valence-electron chi connectivity index (χ0n) is 21.6. The Balaban J connectivity index is 1.82. The van der Waals surface area contributed by atoms with E-state index in [1.165, 1.54) is 4.48 Å². The number of rotatable bonds is 6. The number of nitrogens with zero attached hydrogens (tertiary/aromatic N) is 2. The standard InChI is InChI=1S/C32H29BF2N2/c1-21-29(26-16-10-6-11-17-26)23(3)36-31(21)28(20-25-14-8-5-9-15-25)32-22(2)30(24(4)37(32)33(34)35)27-18-12-7-13-19-27/h5-19H,20H2,1-4H3/b31-28-. The van der Waals surface area contributed by atoms with Gasteiger partial charge in [-0.15, -0.1) is 0 Å². The fraction of sp³-hybridized carbons (Fsp3) is 0.156. The van der Waals surface area contributed by atoms with Crippen molar-refractivity contribution in [1.82, 2.24) is 4.48 Å². The molecule has 0 fully saturated rings. The van der Waals surface area contributed by atoms with Gasteiger partial charge in [0.15, 0.2) is 0 Å². The van der Waals surface area contributed by atoms with E-state index < -0.39 is 7.40 Å². The average Bonchev–Trinajstić information content (AvgIpc) is 3.35. The van der Waals surface area contributed by atoms with Crippen molar-refractivity contribution < 1.29 is 8.63 Å². The van der Waals surface area contributed by atoms with Crippen LogP contribution in [0.1, 0.15) is 41.9 Å². The van der Waals surface area contributed by atoms with Gasteiger partial charge in [-0.1, -0.05) is 91.0 Å². The number of hydrogen-bond donors (Lipinski definition) is 0. The molecule has 0 saturated heterocycles. The van der Waals surface area contributed by atoms with E-state index in [-0.39, 0.29) is 0 Å². The summed E-state index contributed by atoms with van der Waals surface area (Å²) in [7, 11) is -2.68. The Labute approximate surface area is 217 Å². The van der Waals surface area contributed by atoms with Gasteiger partial charge in [0.05, 0.1) is 5.70 Å². The van der Waals surface area contributed by atoms with Crippen LogP contribution >= 0.6 is 0 Å². The molecule has 0 saturated carbocycles. The van der Waals surface area contributed by atoms with Gasteiger partial charge in [0.2, 0.25) is 0 Å². The molecule has 4 aromatic rings. The van der Waals surface area contributed by atoms with Gasteiger partial charge in [0.1, 0.15) is 0 Å². The second kappa shape index (κ2) is 10.2. The molecule has 0 atom stereocenters. The molecule has 1 aromatic heterocycles. The Hall–Kier alpha value is -3.99. The van der Waals surface area contributed by atoms with E-state index in [1.807, 2.05) is 92.7 Å². The first-order chi connectivity index (χ1) is 17.9. The molecule has 184 valence electrons. The van der Waals surface area contributed by atoms with Gasteiger partial charge in [-0.25, -0.2) is 0 Å². The molecule has 0 N–H and O–H groups in total. The Kier molecular flexibility index (Phi) is 6.79. The second-order valence-electron chi connectivity index (χ2n) is 9.50. The zero-order valence-corrected chi connectivity index (χ0v) is 21.6. The maximum atomic E-state index is 14.8. The SMILES string of the molecule is CC1=N/C(=C(/Cc2ccccc2)c2c(C)c(-c3ccccc3)c(C)n2B(F)F)C(C)=C1c1ccccc1. The third kappa shape index (κ3) is 4.50. The lowest BCUT2D eigenvalue weighted by molar-refractivity contribution is 0.623. The molecule has 1 aliphatic heterocycles. The summed E-state index contributed by atoms with van der Waals surface area (Å²) in [5.41, 5.74) is 10.4. The monoisotopic (exact) mass is 490 g/mol. The average molecular weight is 490 g/mol. The van der Waals surface area contributed by atoms with Crippen LogP contribution in [0.15, 0.2) is 107 Å². The van der Waals surface area contributed by atoms with Crippen molar-refractivity contribution in [3.05, 3.63) is 130 Å². The van der Waals surface area contributed by atoms with Crippen LogP contribution in [-0.4, -0.2) is 17.6 Å². The number of benzene rings is 3. The van der Waals surface area contributed by atoms with Gasteiger partial charge in [-0.05, 0) is 55.5 Å². The number of halogens is 2. The molecule has 0 spiro atoms. The fourth-order valence-electron chi connectivity index (χ4n) is 5.61. The van der Waals surface area contributed by atoms with E-state index in [1.54, 1.807) is 6.92 Å². The van der Waals surface area contributed by atoms with Crippen LogP contribution in [0.25, 0.3) is 22.3 Å². The summed E-state index contributed by atoms with van der Waals surface area (Å²) in [6.45, 7) is 7.80. The highest BCUT2D eigenvalue weighted by Gasteiger charge is 2.32. The number of allylic oxidation sites excluding steroid dienone is 3. The normalized spacial score (nSPS) is 14.7.